The molecular weight excluding hydrogens is 412 g/mol. The summed E-state index contributed by atoms with van der Waals surface area (Å²) in [7, 11) is 0. The third-order valence-electron chi connectivity index (χ3n) is 4.90. The Labute approximate surface area is 178 Å². The molecule has 1 aliphatic heterocycles. The highest BCUT2D eigenvalue weighted by atomic mass is 35.5. The average Bonchev–Trinajstić information content (AvgIpc) is 2.72. The third-order valence-corrected chi connectivity index (χ3v) is 5.17. The van der Waals surface area contributed by atoms with Crippen molar-refractivity contribution in [1.29, 1.82) is 10.5 Å². The zero-order valence-electron chi connectivity index (χ0n) is 16.3. The molecule has 30 heavy (non-hydrogen) atoms. The first-order valence-corrected chi connectivity index (χ1v) is 9.73. The van der Waals surface area contributed by atoms with Crippen molar-refractivity contribution >= 4 is 23.2 Å². The predicted molar refractivity (Wildman–Crippen MR) is 109 cm³/mol. The average molecular weight is 432 g/mol. The Morgan fingerprint density at radius 1 is 1.23 bits per heavy atom. The summed E-state index contributed by atoms with van der Waals surface area (Å²) < 4.78 is 24.7. The molecule has 0 bridgehead atoms. The van der Waals surface area contributed by atoms with E-state index in [1.807, 2.05) is 19.1 Å². The molecular formula is C20H20ClF2N7. The molecule has 0 aliphatic carbocycles. The Bertz CT molecular complexity index is 1010. The van der Waals surface area contributed by atoms with E-state index in [2.05, 4.69) is 31.6 Å². The van der Waals surface area contributed by atoms with Crippen LogP contribution in [-0.4, -0.2) is 40.9 Å². The fourth-order valence-electron chi connectivity index (χ4n) is 3.45. The first-order chi connectivity index (χ1) is 14.4. The minimum atomic E-state index is -2.44. The van der Waals surface area contributed by atoms with Crippen LogP contribution >= 0.6 is 11.6 Å². The number of nitriles is 2. The largest absolute Gasteiger partial charge is 0.364 e. The highest BCUT2D eigenvalue weighted by Gasteiger charge is 2.25. The number of rotatable bonds is 7. The van der Waals surface area contributed by atoms with E-state index in [0.717, 1.165) is 28.9 Å². The number of fused-ring (bicyclic) bond motifs is 1. The number of nitrogens with one attached hydrogen (secondary N) is 2. The fraction of sp³-hybridized carbons (Fsp3) is 0.400. The molecule has 2 N–H and O–H groups in total. The van der Waals surface area contributed by atoms with E-state index in [0.29, 0.717) is 36.7 Å². The maximum absolute atomic E-state index is 12.4. The lowest BCUT2D eigenvalue weighted by Crippen LogP contribution is -2.32. The van der Waals surface area contributed by atoms with Crippen molar-refractivity contribution in [1.82, 2.24) is 14.9 Å². The summed E-state index contributed by atoms with van der Waals surface area (Å²) in [6.07, 6.45) is -1.79. The molecule has 0 unspecified atom stereocenters. The van der Waals surface area contributed by atoms with Crippen LogP contribution in [0.15, 0.2) is 12.1 Å². The number of aromatic nitrogens is 2. The summed E-state index contributed by atoms with van der Waals surface area (Å²) in [6, 6.07) is 7.71. The lowest BCUT2D eigenvalue weighted by Gasteiger charge is -2.31. The molecule has 0 atom stereocenters. The Morgan fingerprint density at radius 2 is 2.03 bits per heavy atom. The van der Waals surface area contributed by atoms with Gasteiger partial charge in [0.2, 0.25) is 0 Å². The van der Waals surface area contributed by atoms with Crippen molar-refractivity contribution in [3.63, 3.8) is 0 Å². The number of halogens is 3. The fourth-order valence-corrected chi connectivity index (χ4v) is 3.69. The lowest BCUT2D eigenvalue weighted by molar-refractivity contribution is 0.163. The zero-order valence-corrected chi connectivity index (χ0v) is 17.1. The number of pyridine rings is 2. The Balaban J connectivity index is 1.79. The van der Waals surface area contributed by atoms with Gasteiger partial charge in [-0.05, 0) is 30.5 Å². The normalized spacial score (nSPS) is 13.4. The first kappa shape index (κ1) is 21.7. The summed E-state index contributed by atoms with van der Waals surface area (Å²) in [4.78, 5) is 10.8. The number of aryl methyl sites for hydroxylation is 1. The van der Waals surface area contributed by atoms with Gasteiger partial charge in [0.05, 0.1) is 18.2 Å². The lowest BCUT2D eigenvalue weighted by atomic mass is 9.96. The Morgan fingerprint density at radius 3 is 2.70 bits per heavy atom. The summed E-state index contributed by atoms with van der Waals surface area (Å²) in [5, 5.41) is 24.1. The Hall–Kier alpha value is -3.01. The van der Waals surface area contributed by atoms with Crippen molar-refractivity contribution in [3.05, 3.63) is 45.2 Å². The van der Waals surface area contributed by atoms with Gasteiger partial charge in [0, 0.05) is 30.9 Å². The van der Waals surface area contributed by atoms with Crippen molar-refractivity contribution in [2.75, 3.05) is 30.3 Å². The molecule has 0 saturated carbocycles. The number of hydrogen-bond donors (Lipinski definition) is 2. The van der Waals surface area contributed by atoms with E-state index in [-0.39, 0.29) is 11.7 Å². The van der Waals surface area contributed by atoms with Crippen molar-refractivity contribution < 1.29 is 8.78 Å². The van der Waals surface area contributed by atoms with Crippen molar-refractivity contribution in [3.8, 4) is 12.1 Å². The number of hydrogen-bond acceptors (Lipinski definition) is 7. The standard InChI is InChI=1S/C20H20ClF2N7/c1-12-13(2-3-18(28-12)27-9-17(22)23)10-30-7-4-14-16(11-30)15(8-25)19(21)29-20(14)26-6-5-24/h2-3,17H,4,6-7,9-11H2,1H3,(H,26,29)(H,27,28). The molecule has 1 aliphatic rings. The summed E-state index contributed by atoms with van der Waals surface area (Å²) >= 11 is 6.20. The smallest absolute Gasteiger partial charge is 0.255 e. The van der Waals surface area contributed by atoms with E-state index >= 15 is 0 Å². The van der Waals surface area contributed by atoms with Crippen molar-refractivity contribution in [2.45, 2.75) is 32.9 Å². The van der Waals surface area contributed by atoms with Gasteiger partial charge < -0.3 is 10.6 Å². The third kappa shape index (κ3) is 4.93. The minimum Gasteiger partial charge on any atom is -0.364 e. The molecule has 2 aromatic heterocycles. The van der Waals surface area contributed by atoms with E-state index < -0.39 is 13.0 Å². The van der Waals surface area contributed by atoms with Crippen LogP contribution < -0.4 is 10.6 Å². The van der Waals surface area contributed by atoms with Gasteiger partial charge in [0.1, 0.15) is 29.4 Å². The second-order valence-electron chi connectivity index (χ2n) is 6.88. The number of nitrogens with zero attached hydrogens (tertiary/aromatic N) is 5. The maximum atomic E-state index is 12.4. The van der Waals surface area contributed by atoms with Gasteiger partial charge in [0.15, 0.2) is 0 Å². The van der Waals surface area contributed by atoms with E-state index in [1.54, 1.807) is 6.07 Å². The van der Waals surface area contributed by atoms with Gasteiger partial charge in [-0.25, -0.2) is 18.7 Å². The molecule has 0 amide bonds. The number of alkyl halides is 2. The van der Waals surface area contributed by atoms with Gasteiger partial charge in [0.25, 0.3) is 6.43 Å². The van der Waals surface area contributed by atoms with E-state index in [9.17, 15) is 14.0 Å². The van der Waals surface area contributed by atoms with Crippen LogP contribution in [0.1, 0.15) is 27.9 Å². The molecule has 0 fully saturated rings. The van der Waals surface area contributed by atoms with Gasteiger partial charge in [-0.15, -0.1) is 0 Å². The van der Waals surface area contributed by atoms with Crippen LogP contribution in [0.25, 0.3) is 0 Å². The van der Waals surface area contributed by atoms with Crippen LogP contribution in [0.5, 0.6) is 0 Å². The second kappa shape index (κ2) is 9.66. The summed E-state index contributed by atoms with van der Waals surface area (Å²) in [5.41, 5.74) is 3.79. The van der Waals surface area contributed by atoms with Crippen LogP contribution in [0.2, 0.25) is 5.15 Å². The van der Waals surface area contributed by atoms with Crippen LogP contribution in [-0.2, 0) is 19.5 Å². The monoisotopic (exact) mass is 431 g/mol. The molecule has 2 aromatic rings. The zero-order chi connectivity index (χ0) is 21.7. The number of anilines is 2. The van der Waals surface area contributed by atoms with Gasteiger partial charge in [-0.3, -0.25) is 4.90 Å². The molecule has 7 nitrogen and oxygen atoms in total. The van der Waals surface area contributed by atoms with Gasteiger partial charge >= 0.3 is 0 Å². The predicted octanol–water partition coefficient (Wildman–Crippen LogP) is 3.48. The quantitative estimate of drug-likeness (QED) is 0.511. The molecule has 0 saturated heterocycles. The summed E-state index contributed by atoms with van der Waals surface area (Å²) in [6.45, 7) is 3.33. The topological polar surface area (TPSA) is 101 Å². The second-order valence-corrected chi connectivity index (χ2v) is 7.24. The molecule has 0 aromatic carbocycles. The first-order valence-electron chi connectivity index (χ1n) is 9.36. The molecule has 0 radical (unpaired) electrons. The summed E-state index contributed by atoms with van der Waals surface area (Å²) in [5.74, 6) is 0.959. The van der Waals surface area contributed by atoms with Crippen LogP contribution in [0, 0.1) is 29.6 Å². The Kier molecular flexibility index (Phi) is 6.99. The minimum absolute atomic E-state index is 0.0994. The van der Waals surface area contributed by atoms with Crippen LogP contribution in [0.3, 0.4) is 0 Å². The molecule has 0 spiro atoms. The van der Waals surface area contributed by atoms with Gasteiger partial charge in [-0.1, -0.05) is 17.7 Å². The SMILES string of the molecule is Cc1nc(NCC(F)F)ccc1CN1CCc2c(NCC#N)nc(Cl)c(C#N)c2C1. The van der Waals surface area contributed by atoms with E-state index in [1.165, 1.54) is 0 Å². The van der Waals surface area contributed by atoms with Crippen molar-refractivity contribution in [2.24, 2.45) is 0 Å². The highest BCUT2D eigenvalue weighted by Crippen LogP contribution is 2.32. The van der Waals surface area contributed by atoms with Crippen LogP contribution in [0.4, 0.5) is 20.4 Å². The highest BCUT2D eigenvalue weighted by molar-refractivity contribution is 6.30. The van der Waals surface area contributed by atoms with E-state index in [4.69, 9.17) is 16.9 Å². The van der Waals surface area contributed by atoms with Gasteiger partial charge in [-0.2, -0.15) is 10.5 Å². The molecule has 3 heterocycles. The molecule has 10 heteroatoms. The molecule has 3 rings (SSSR count). The maximum Gasteiger partial charge on any atom is 0.255 e. The molecule has 156 valence electrons.